The van der Waals surface area contributed by atoms with E-state index in [4.69, 9.17) is 21.1 Å². The van der Waals surface area contributed by atoms with E-state index < -0.39 is 5.79 Å². The van der Waals surface area contributed by atoms with Crippen LogP contribution in [0.4, 0.5) is 11.4 Å². The van der Waals surface area contributed by atoms with Crippen molar-refractivity contribution in [2.24, 2.45) is 0 Å². The third-order valence-electron chi connectivity index (χ3n) is 5.76. The summed E-state index contributed by atoms with van der Waals surface area (Å²) in [5, 5.41) is 7.93. The third-order valence-corrected chi connectivity index (χ3v) is 6.08. The van der Waals surface area contributed by atoms with Crippen molar-refractivity contribution in [3.8, 4) is 5.88 Å². The Hall–Kier alpha value is -2.51. The van der Waals surface area contributed by atoms with Crippen LogP contribution in [0.2, 0.25) is 5.02 Å². The Bertz CT molecular complexity index is 983. The first kappa shape index (κ1) is 20.8. The number of aryl methyl sites for hydroxylation is 1. The van der Waals surface area contributed by atoms with E-state index in [0.717, 1.165) is 47.7 Å². The zero-order valence-corrected chi connectivity index (χ0v) is 18.5. The van der Waals surface area contributed by atoms with Crippen LogP contribution < -0.4 is 20.3 Å². The van der Waals surface area contributed by atoms with Crippen LogP contribution in [0.3, 0.4) is 0 Å². The van der Waals surface area contributed by atoms with E-state index in [1.165, 1.54) is 6.92 Å². The number of anilines is 2. The quantitative estimate of drug-likeness (QED) is 0.691. The van der Waals surface area contributed by atoms with Crippen LogP contribution in [-0.4, -0.2) is 31.2 Å². The van der Waals surface area contributed by atoms with Gasteiger partial charge in [-0.25, -0.2) is 4.98 Å². The summed E-state index contributed by atoms with van der Waals surface area (Å²) in [5.41, 5.74) is 4.62. The molecule has 0 radical (unpaired) electrons. The molecule has 3 heterocycles. The van der Waals surface area contributed by atoms with Crippen molar-refractivity contribution < 1.29 is 14.3 Å². The van der Waals surface area contributed by atoms with Crippen molar-refractivity contribution >= 4 is 28.9 Å². The van der Waals surface area contributed by atoms with Gasteiger partial charge in [0.2, 0.25) is 5.88 Å². The largest absolute Gasteiger partial charge is 0.481 e. The second-order valence-electron chi connectivity index (χ2n) is 7.62. The number of methoxy groups -OCH3 is 1. The van der Waals surface area contributed by atoms with Gasteiger partial charge in [0.25, 0.3) is 0 Å². The number of carbonyl (C=O) groups excluding carboxylic acids is 1. The molecule has 1 aromatic carbocycles. The predicted octanol–water partition coefficient (Wildman–Crippen LogP) is 4.10. The number of ether oxygens (including phenoxy) is 2. The summed E-state index contributed by atoms with van der Waals surface area (Å²) in [6.45, 7) is 7.09. The molecule has 2 aromatic rings. The summed E-state index contributed by atoms with van der Waals surface area (Å²) in [6.07, 6.45) is 1.30. The van der Waals surface area contributed by atoms with Crippen molar-refractivity contribution in [2.45, 2.75) is 45.5 Å². The molecule has 0 spiro atoms. The number of carbonyl (C=O) groups is 1. The van der Waals surface area contributed by atoms with Gasteiger partial charge in [0.1, 0.15) is 6.10 Å². The van der Waals surface area contributed by atoms with Crippen LogP contribution in [0.1, 0.15) is 49.6 Å². The highest BCUT2D eigenvalue weighted by Crippen LogP contribution is 2.52. The molecule has 4 rings (SSSR count). The van der Waals surface area contributed by atoms with Gasteiger partial charge in [-0.1, -0.05) is 24.6 Å². The molecule has 2 aliphatic rings. The second kappa shape index (κ2) is 7.96. The maximum Gasteiger partial charge on any atom is 0.303 e. The van der Waals surface area contributed by atoms with Crippen molar-refractivity contribution in [1.82, 2.24) is 10.3 Å². The summed E-state index contributed by atoms with van der Waals surface area (Å²) >= 11 is 6.64. The average Bonchev–Trinajstić information content (AvgIpc) is 3.09. The Morgan fingerprint density at radius 3 is 2.83 bits per heavy atom. The van der Waals surface area contributed by atoms with Gasteiger partial charge in [0, 0.05) is 37.2 Å². The Kier molecular flexibility index (Phi) is 5.51. The topological polar surface area (TPSA) is 75.7 Å². The zero-order chi connectivity index (χ0) is 21.5. The van der Waals surface area contributed by atoms with Crippen LogP contribution in [-0.2, 0) is 15.3 Å². The highest BCUT2D eigenvalue weighted by atomic mass is 35.5. The molecule has 0 amide bonds. The highest BCUT2D eigenvalue weighted by Gasteiger charge is 2.49. The minimum Gasteiger partial charge on any atom is -0.481 e. The number of aromatic nitrogens is 1. The van der Waals surface area contributed by atoms with Crippen LogP contribution in [0, 0.1) is 6.92 Å². The standard InChI is InChI=1S/C22H27ClN4O3/c1-5-18(30-14(3)28)15-7-9-17(23)20-21(15)27-12-6-11-24-22(27,26-20)16-8-10-19(29-4)25-13(16)2/h7-10,18,24,26H,5-6,11-12H2,1-4H3. The summed E-state index contributed by atoms with van der Waals surface area (Å²) in [5.74, 6) is -0.405. The molecule has 7 nitrogen and oxygen atoms in total. The molecule has 2 atom stereocenters. The summed E-state index contributed by atoms with van der Waals surface area (Å²) in [7, 11) is 1.61. The number of benzene rings is 1. The van der Waals surface area contributed by atoms with Gasteiger partial charge in [0.05, 0.1) is 29.2 Å². The fourth-order valence-electron chi connectivity index (χ4n) is 4.50. The fraction of sp³-hybridized carbons (Fsp3) is 0.455. The molecule has 160 valence electrons. The first-order valence-electron chi connectivity index (χ1n) is 10.2. The first-order valence-corrected chi connectivity index (χ1v) is 10.6. The van der Waals surface area contributed by atoms with E-state index in [2.05, 4.69) is 20.5 Å². The Labute approximate surface area is 181 Å². The lowest BCUT2D eigenvalue weighted by Crippen LogP contribution is -2.62. The number of pyridine rings is 1. The van der Waals surface area contributed by atoms with Crippen LogP contribution >= 0.6 is 11.6 Å². The number of rotatable bonds is 5. The van der Waals surface area contributed by atoms with Crippen LogP contribution in [0.5, 0.6) is 5.88 Å². The molecule has 2 aliphatic heterocycles. The van der Waals surface area contributed by atoms with E-state index in [1.54, 1.807) is 7.11 Å². The van der Waals surface area contributed by atoms with Gasteiger partial charge in [-0.2, -0.15) is 0 Å². The molecular formula is C22H27ClN4O3. The normalized spacial score (nSPS) is 20.8. The predicted molar refractivity (Wildman–Crippen MR) is 117 cm³/mol. The van der Waals surface area contributed by atoms with Crippen LogP contribution in [0.25, 0.3) is 0 Å². The van der Waals surface area contributed by atoms with Crippen molar-refractivity contribution in [3.05, 3.63) is 46.1 Å². The number of esters is 1. The van der Waals surface area contributed by atoms with E-state index in [1.807, 2.05) is 38.1 Å². The Morgan fingerprint density at radius 2 is 2.17 bits per heavy atom. The van der Waals surface area contributed by atoms with Gasteiger partial charge in [-0.05, 0) is 31.9 Å². The van der Waals surface area contributed by atoms with Crippen molar-refractivity contribution in [1.29, 1.82) is 0 Å². The molecule has 0 aliphatic carbocycles. The fourth-order valence-corrected chi connectivity index (χ4v) is 4.70. The lowest BCUT2D eigenvalue weighted by molar-refractivity contribution is -0.146. The van der Waals surface area contributed by atoms with Gasteiger partial charge < -0.3 is 19.7 Å². The van der Waals surface area contributed by atoms with Crippen molar-refractivity contribution in [2.75, 3.05) is 30.4 Å². The molecule has 1 fully saturated rings. The molecule has 2 N–H and O–H groups in total. The molecule has 0 bridgehead atoms. The summed E-state index contributed by atoms with van der Waals surface area (Å²) in [4.78, 5) is 18.6. The minimum atomic E-state index is -0.682. The lowest BCUT2D eigenvalue weighted by atomic mass is 10.00. The molecule has 30 heavy (non-hydrogen) atoms. The molecule has 1 saturated heterocycles. The average molecular weight is 431 g/mol. The maximum atomic E-state index is 11.7. The van der Waals surface area contributed by atoms with Gasteiger partial charge in [0.15, 0.2) is 5.79 Å². The lowest BCUT2D eigenvalue weighted by Gasteiger charge is -2.45. The van der Waals surface area contributed by atoms with Gasteiger partial charge in [-0.15, -0.1) is 0 Å². The van der Waals surface area contributed by atoms with Gasteiger partial charge >= 0.3 is 5.97 Å². The number of hydrogen-bond acceptors (Lipinski definition) is 7. The molecule has 1 aromatic heterocycles. The van der Waals surface area contributed by atoms with E-state index >= 15 is 0 Å². The van der Waals surface area contributed by atoms with Crippen LogP contribution in [0.15, 0.2) is 24.3 Å². The Balaban J connectivity index is 1.88. The molecular weight excluding hydrogens is 404 g/mol. The minimum absolute atomic E-state index is 0.297. The molecule has 0 saturated carbocycles. The maximum absolute atomic E-state index is 11.7. The number of nitrogens with zero attached hydrogens (tertiary/aromatic N) is 2. The second-order valence-corrected chi connectivity index (χ2v) is 8.03. The highest BCUT2D eigenvalue weighted by molar-refractivity contribution is 6.34. The zero-order valence-electron chi connectivity index (χ0n) is 17.7. The van der Waals surface area contributed by atoms with E-state index in [-0.39, 0.29) is 12.1 Å². The number of halogens is 1. The number of fused-ring (bicyclic) bond motifs is 3. The first-order chi connectivity index (χ1) is 14.4. The van der Waals surface area contributed by atoms with E-state index in [0.29, 0.717) is 17.3 Å². The smallest absolute Gasteiger partial charge is 0.303 e. The number of hydrogen-bond donors (Lipinski definition) is 2. The van der Waals surface area contributed by atoms with Crippen molar-refractivity contribution in [3.63, 3.8) is 0 Å². The SMILES string of the molecule is CCC(OC(C)=O)c1ccc(Cl)c2c1N1CCCNC1(c1ccc(OC)nc1C)N2. The third kappa shape index (κ3) is 3.26. The Morgan fingerprint density at radius 1 is 1.37 bits per heavy atom. The van der Waals surface area contributed by atoms with Gasteiger partial charge in [-0.3, -0.25) is 10.1 Å². The van der Waals surface area contributed by atoms with E-state index in [9.17, 15) is 4.79 Å². The summed E-state index contributed by atoms with van der Waals surface area (Å²) < 4.78 is 10.9. The monoisotopic (exact) mass is 430 g/mol. The summed E-state index contributed by atoms with van der Waals surface area (Å²) in [6, 6.07) is 7.72. The number of nitrogens with one attached hydrogen (secondary N) is 2. The molecule has 2 unspecified atom stereocenters. The molecule has 8 heteroatoms.